The van der Waals surface area contributed by atoms with E-state index in [1.165, 1.54) is 11.1 Å². The lowest BCUT2D eigenvalue weighted by atomic mass is 10.0. The summed E-state index contributed by atoms with van der Waals surface area (Å²) in [5.74, 6) is 0.532. The zero-order valence-corrected chi connectivity index (χ0v) is 13.3. The Hall–Kier alpha value is -1.64. The molecule has 0 saturated carbocycles. The topological polar surface area (TPSA) is 15.3 Å². The minimum Gasteiger partial charge on any atom is -0.314 e. The van der Waals surface area contributed by atoms with Gasteiger partial charge >= 0.3 is 0 Å². The Bertz CT molecular complexity index is 508. The molecule has 0 heterocycles. The third-order valence-electron chi connectivity index (χ3n) is 3.96. The van der Waals surface area contributed by atoms with Crippen LogP contribution in [0, 0.1) is 0 Å². The molecule has 0 fully saturated rings. The summed E-state index contributed by atoms with van der Waals surface area (Å²) >= 11 is 0. The minimum absolute atomic E-state index is 0.411. The lowest BCUT2D eigenvalue weighted by Crippen LogP contribution is -2.32. The van der Waals surface area contributed by atoms with Crippen LogP contribution in [0.4, 0.5) is 0 Å². The average molecular weight is 282 g/mol. The summed E-state index contributed by atoms with van der Waals surface area (Å²) < 4.78 is 0. The molecule has 1 N–H and O–H groups in total. The molecular formula is C19H26N2. The van der Waals surface area contributed by atoms with Crippen molar-refractivity contribution in [1.82, 2.24) is 10.2 Å². The molecule has 2 aromatic rings. The van der Waals surface area contributed by atoms with Crippen molar-refractivity contribution in [1.29, 1.82) is 0 Å². The van der Waals surface area contributed by atoms with Crippen LogP contribution in [-0.2, 0) is 0 Å². The van der Waals surface area contributed by atoms with E-state index >= 15 is 0 Å². The third-order valence-corrected chi connectivity index (χ3v) is 3.96. The van der Waals surface area contributed by atoms with E-state index in [0.717, 1.165) is 13.1 Å². The summed E-state index contributed by atoms with van der Waals surface area (Å²) in [6.07, 6.45) is 0. The molecule has 0 saturated heterocycles. The van der Waals surface area contributed by atoms with Gasteiger partial charge in [-0.1, -0.05) is 67.6 Å². The standard InChI is InChI=1S/C19H26N2/c1-16(17-10-6-4-7-11-17)14-20-15-19(21(2)3)18-12-8-5-9-13-18/h4-13,16,19-20H,14-15H2,1-3H3. The van der Waals surface area contributed by atoms with Crippen LogP contribution in [-0.4, -0.2) is 32.1 Å². The van der Waals surface area contributed by atoms with E-state index in [4.69, 9.17) is 0 Å². The highest BCUT2D eigenvalue weighted by molar-refractivity contribution is 5.20. The van der Waals surface area contributed by atoms with Crippen LogP contribution >= 0.6 is 0 Å². The number of nitrogens with zero attached hydrogens (tertiary/aromatic N) is 1. The van der Waals surface area contributed by atoms with Gasteiger partial charge in [0.1, 0.15) is 0 Å². The van der Waals surface area contributed by atoms with Crippen LogP contribution in [0.5, 0.6) is 0 Å². The predicted octanol–water partition coefficient (Wildman–Crippen LogP) is 3.68. The van der Waals surface area contributed by atoms with E-state index in [2.05, 4.69) is 91.9 Å². The largest absolute Gasteiger partial charge is 0.314 e. The molecule has 2 atom stereocenters. The number of nitrogens with one attached hydrogen (secondary N) is 1. The predicted molar refractivity (Wildman–Crippen MR) is 90.6 cm³/mol. The molecule has 0 amide bonds. The Morgan fingerprint density at radius 1 is 0.810 bits per heavy atom. The van der Waals surface area contributed by atoms with Gasteiger partial charge in [-0.15, -0.1) is 0 Å². The highest BCUT2D eigenvalue weighted by atomic mass is 15.1. The van der Waals surface area contributed by atoms with Gasteiger partial charge in [0.05, 0.1) is 0 Å². The Kier molecular flexibility index (Phi) is 5.97. The molecule has 2 aromatic carbocycles. The second-order valence-electron chi connectivity index (χ2n) is 5.86. The molecule has 0 aliphatic heterocycles. The third kappa shape index (κ3) is 4.69. The molecule has 0 aliphatic rings. The zero-order chi connectivity index (χ0) is 15.1. The van der Waals surface area contributed by atoms with Crippen molar-refractivity contribution in [2.45, 2.75) is 18.9 Å². The molecule has 112 valence electrons. The van der Waals surface area contributed by atoms with Crippen LogP contribution in [0.1, 0.15) is 30.0 Å². The van der Waals surface area contributed by atoms with Crippen molar-refractivity contribution < 1.29 is 0 Å². The maximum absolute atomic E-state index is 3.62. The molecule has 0 aliphatic carbocycles. The molecule has 2 rings (SSSR count). The molecule has 0 aromatic heterocycles. The first kappa shape index (κ1) is 15.7. The first-order chi connectivity index (χ1) is 10.2. The number of hydrogen-bond donors (Lipinski definition) is 1. The molecule has 21 heavy (non-hydrogen) atoms. The van der Waals surface area contributed by atoms with E-state index in [-0.39, 0.29) is 0 Å². The number of likely N-dealkylation sites (N-methyl/N-ethyl adjacent to an activating group) is 1. The summed E-state index contributed by atoms with van der Waals surface area (Å²) in [4.78, 5) is 2.27. The van der Waals surface area contributed by atoms with E-state index in [0.29, 0.717) is 12.0 Å². The van der Waals surface area contributed by atoms with Gasteiger partial charge in [-0.05, 0) is 31.1 Å². The van der Waals surface area contributed by atoms with Gasteiger partial charge in [0.2, 0.25) is 0 Å². The molecular weight excluding hydrogens is 256 g/mol. The van der Waals surface area contributed by atoms with E-state index in [9.17, 15) is 0 Å². The summed E-state index contributed by atoms with van der Waals surface area (Å²) in [5, 5.41) is 3.62. The Balaban J connectivity index is 1.88. The van der Waals surface area contributed by atoms with Crippen LogP contribution in [0.25, 0.3) is 0 Å². The van der Waals surface area contributed by atoms with Crippen molar-refractivity contribution in [3.05, 3.63) is 71.8 Å². The molecule has 2 nitrogen and oxygen atoms in total. The van der Waals surface area contributed by atoms with Gasteiger partial charge in [-0.25, -0.2) is 0 Å². The Labute approximate surface area is 128 Å². The average Bonchev–Trinajstić information content (AvgIpc) is 2.52. The molecule has 2 heteroatoms. The number of hydrogen-bond acceptors (Lipinski definition) is 2. The van der Waals surface area contributed by atoms with E-state index in [1.54, 1.807) is 0 Å². The van der Waals surface area contributed by atoms with Gasteiger partial charge in [0.25, 0.3) is 0 Å². The molecule has 0 radical (unpaired) electrons. The zero-order valence-electron chi connectivity index (χ0n) is 13.3. The van der Waals surface area contributed by atoms with Gasteiger partial charge in [0, 0.05) is 19.1 Å². The van der Waals surface area contributed by atoms with Crippen molar-refractivity contribution in [3.8, 4) is 0 Å². The fraction of sp³-hybridized carbons (Fsp3) is 0.368. The maximum Gasteiger partial charge on any atom is 0.0466 e. The highest BCUT2D eigenvalue weighted by Crippen LogP contribution is 2.18. The van der Waals surface area contributed by atoms with Gasteiger partial charge < -0.3 is 10.2 Å². The fourth-order valence-corrected chi connectivity index (χ4v) is 2.61. The normalized spacial score (nSPS) is 14.1. The summed E-state index contributed by atoms with van der Waals surface area (Å²) in [7, 11) is 4.28. The highest BCUT2D eigenvalue weighted by Gasteiger charge is 2.14. The molecule has 0 spiro atoms. The van der Waals surface area contributed by atoms with Crippen LogP contribution in [0.2, 0.25) is 0 Å². The lowest BCUT2D eigenvalue weighted by molar-refractivity contribution is 0.287. The SMILES string of the molecule is CC(CNCC(c1ccccc1)N(C)C)c1ccccc1. The number of rotatable bonds is 7. The second-order valence-corrected chi connectivity index (χ2v) is 5.86. The first-order valence-corrected chi connectivity index (χ1v) is 7.65. The Morgan fingerprint density at radius 2 is 1.33 bits per heavy atom. The van der Waals surface area contributed by atoms with Crippen molar-refractivity contribution in [2.75, 3.05) is 27.2 Å². The monoisotopic (exact) mass is 282 g/mol. The fourth-order valence-electron chi connectivity index (χ4n) is 2.61. The second kappa shape index (κ2) is 7.96. The lowest BCUT2D eigenvalue weighted by Gasteiger charge is -2.26. The maximum atomic E-state index is 3.62. The van der Waals surface area contributed by atoms with Gasteiger partial charge in [0.15, 0.2) is 0 Å². The molecule has 0 bridgehead atoms. The van der Waals surface area contributed by atoms with Crippen molar-refractivity contribution in [3.63, 3.8) is 0 Å². The Morgan fingerprint density at radius 3 is 1.86 bits per heavy atom. The summed E-state index contributed by atoms with van der Waals surface area (Å²) in [5.41, 5.74) is 2.76. The summed E-state index contributed by atoms with van der Waals surface area (Å²) in [6, 6.07) is 21.8. The van der Waals surface area contributed by atoms with Crippen LogP contribution < -0.4 is 5.32 Å². The van der Waals surface area contributed by atoms with E-state index < -0.39 is 0 Å². The quantitative estimate of drug-likeness (QED) is 0.833. The van der Waals surface area contributed by atoms with E-state index in [1.807, 2.05) is 0 Å². The molecule has 2 unspecified atom stereocenters. The van der Waals surface area contributed by atoms with Crippen molar-refractivity contribution in [2.24, 2.45) is 0 Å². The first-order valence-electron chi connectivity index (χ1n) is 7.65. The van der Waals surface area contributed by atoms with Crippen molar-refractivity contribution >= 4 is 0 Å². The van der Waals surface area contributed by atoms with Gasteiger partial charge in [-0.2, -0.15) is 0 Å². The number of benzene rings is 2. The smallest absolute Gasteiger partial charge is 0.0466 e. The minimum atomic E-state index is 0.411. The van der Waals surface area contributed by atoms with Gasteiger partial charge in [-0.3, -0.25) is 0 Å². The van der Waals surface area contributed by atoms with Crippen LogP contribution in [0.3, 0.4) is 0 Å². The van der Waals surface area contributed by atoms with Crippen LogP contribution in [0.15, 0.2) is 60.7 Å². The summed E-state index contributed by atoms with van der Waals surface area (Å²) in [6.45, 7) is 4.24.